The van der Waals surface area contributed by atoms with Crippen molar-refractivity contribution in [2.24, 2.45) is 11.8 Å². The number of benzene rings is 4. The Labute approximate surface area is 275 Å². The molecule has 1 nitrogen and oxygen atoms in total. The normalized spacial score (nSPS) is 21.6. The molecule has 6 rings (SSSR count). The van der Waals surface area contributed by atoms with Crippen molar-refractivity contribution in [2.75, 3.05) is 6.61 Å². The zero-order valence-corrected chi connectivity index (χ0v) is 27.2. The van der Waals surface area contributed by atoms with Crippen molar-refractivity contribution in [1.29, 1.82) is 0 Å². The first-order valence-electron chi connectivity index (χ1n) is 17.1. The zero-order valence-electron chi connectivity index (χ0n) is 27.2. The zero-order chi connectivity index (χ0) is 33.1. The molecule has 1 aliphatic heterocycles. The lowest BCUT2D eigenvalue weighted by molar-refractivity contribution is -0.0523. The van der Waals surface area contributed by atoms with Crippen LogP contribution in [0.25, 0.3) is 11.1 Å². The Morgan fingerprint density at radius 3 is 1.94 bits per heavy atom. The van der Waals surface area contributed by atoms with Gasteiger partial charge in [-0.2, -0.15) is 0 Å². The maximum Gasteiger partial charge on any atom is 0.162 e. The first kappa shape index (κ1) is 33.4. The lowest BCUT2D eigenvalue weighted by atomic mass is 9.75. The number of rotatable bonds is 9. The summed E-state index contributed by atoms with van der Waals surface area (Å²) < 4.78 is 79.2. The number of halogens is 5. The molecule has 2 atom stereocenters. The molecule has 47 heavy (non-hydrogen) atoms. The van der Waals surface area contributed by atoms with Crippen molar-refractivity contribution < 1.29 is 26.7 Å². The van der Waals surface area contributed by atoms with Gasteiger partial charge in [0.15, 0.2) is 11.6 Å². The first-order valence-corrected chi connectivity index (χ1v) is 17.1. The van der Waals surface area contributed by atoms with E-state index < -0.39 is 23.3 Å². The summed E-state index contributed by atoms with van der Waals surface area (Å²) >= 11 is 0. The second-order valence-electron chi connectivity index (χ2n) is 13.8. The van der Waals surface area contributed by atoms with Crippen LogP contribution in [-0.2, 0) is 30.4 Å². The highest BCUT2D eigenvalue weighted by Gasteiger charge is 2.31. The summed E-state index contributed by atoms with van der Waals surface area (Å²) in [6.07, 6.45) is 8.05. The van der Waals surface area contributed by atoms with Crippen LogP contribution in [0.15, 0.2) is 66.7 Å². The highest BCUT2D eigenvalue weighted by atomic mass is 19.2. The van der Waals surface area contributed by atoms with E-state index in [0.717, 1.165) is 17.7 Å². The third-order valence-corrected chi connectivity index (χ3v) is 10.5. The third kappa shape index (κ3) is 7.80. The van der Waals surface area contributed by atoms with Crippen molar-refractivity contribution in [3.63, 3.8) is 0 Å². The smallest absolute Gasteiger partial charge is 0.162 e. The molecule has 1 aliphatic carbocycles. The Bertz CT molecular complexity index is 1660. The van der Waals surface area contributed by atoms with Crippen molar-refractivity contribution in [2.45, 2.75) is 90.1 Å². The van der Waals surface area contributed by atoms with Crippen LogP contribution in [-0.4, -0.2) is 12.7 Å². The second-order valence-corrected chi connectivity index (χ2v) is 13.8. The Morgan fingerprint density at radius 1 is 0.617 bits per heavy atom. The molecule has 0 N–H and O–H groups in total. The molecule has 4 aromatic rings. The van der Waals surface area contributed by atoms with Gasteiger partial charge in [0.2, 0.25) is 0 Å². The van der Waals surface area contributed by atoms with Gasteiger partial charge in [-0.05, 0) is 146 Å². The van der Waals surface area contributed by atoms with Crippen LogP contribution in [0.4, 0.5) is 22.0 Å². The van der Waals surface area contributed by atoms with Crippen molar-refractivity contribution >= 4 is 0 Å². The van der Waals surface area contributed by atoms with E-state index in [1.807, 2.05) is 6.07 Å². The molecule has 2 unspecified atom stereocenters. The molecule has 1 saturated carbocycles. The van der Waals surface area contributed by atoms with E-state index in [1.165, 1.54) is 81.3 Å². The van der Waals surface area contributed by atoms with Gasteiger partial charge in [0, 0.05) is 12.2 Å². The first-order chi connectivity index (χ1) is 22.7. The molecule has 0 aromatic heterocycles. The lowest BCUT2D eigenvalue weighted by Crippen LogP contribution is -2.33. The monoisotopic (exact) mass is 646 g/mol. The predicted molar refractivity (Wildman–Crippen MR) is 177 cm³/mol. The molecule has 0 amide bonds. The van der Waals surface area contributed by atoms with Crippen LogP contribution in [0.3, 0.4) is 0 Å². The topological polar surface area (TPSA) is 9.23 Å². The number of ether oxygens (including phenoxy) is 1. The molecule has 0 bridgehead atoms. The summed E-state index contributed by atoms with van der Waals surface area (Å²) in [5.74, 6) is -1.87. The van der Waals surface area contributed by atoms with Crippen LogP contribution in [0.5, 0.6) is 0 Å². The lowest BCUT2D eigenvalue weighted by Gasteiger charge is -2.37. The number of hydrogen-bond acceptors (Lipinski definition) is 1. The van der Waals surface area contributed by atoms with Gasteiger partial charge in [-0.3, -0.25) is 0 Å². The fourth-order valence-electron chi connectivity index (χ4n) is 7.43. The minimum atomic E-state index is -0.986. The minimum Gasteiger partial charge on any atom is -0.378 e. The summed E-state index contributed by atoms with van der Waals surface area (Å²) in [6, 6.07) is 19.0. The number of hydrogen-bond donors (Lipinski definition) is 0. The summed E-state index contributed by atoms with van der Waals surface area (Å²) in [6.45, 7) is 4.62. The van der Waals surface area contributed by atoms with E-state index in [2.05, 4.69) is 31.2 Å². The van der Waals surface area contributed by atoms with Crippen molar-refractivity contribution in [3.05, 3.63) is 129 Å². The third-order valence-electron chi connectivity index (χ3n) is 10.5. The van der Waals surface area contributed by atoms with Gasteiger partial charge in [-0.15, -0.1) is 0 Å². The molecule has 4 aromatic carbocycles. The molecule has 0 spiro atoms. The summed E-state index contributed by atoms with van der Waals surface area (Å²) in [5, 5.41) is 0. The van der Waals surface area contributed by atoms with Gasteiger partial charge in [-0.25, -0.2) is 22.0 Å². The Kier molecular flexibility index (Phi) is 10.5. The molecule has 1 saturated heterocycles. The molecule has 6 heteroatoms. The Morgan fingerprint density at radius 2 is 1.28 bits per heavy atom. The molecule has 0 radical (unpaired) electrons. The standard InChI is InChI=1S/C41H43F5O/c1-25-3-20-39(47-24-25)32-15-12-29(13-16-32)28-8-10-30(11-9-28)34-17-14-31(36(42)23-34)7-5-27-21-37(43)35(38(44)22-27)19-18-33-6-4-26(2)40(45)41(33)46/h4,6,8-11,14,17,21-23,25,29,32,39H,3,5,7,12-13,15-16,18-20,24H2,1-2H3. The molecule has 2 fully saturated rings. The van der Waals surface area contributed by atoms with E-state index in [9.17, 15) is 17.6 Å². The maximum atomic E-state index is 15.2. The van der Waals surface area contributed by atoms with Crippen LogP contribution >= 0.6 is 0 Å². The largest absolute Gasteiger partial charge is 0.378 e. The van der Waals surface area contributed by atoms with Crippen molar-refractivity contribution in [1.82, 2.24) is 0 Å². The van der Waals surface area contributed by atoms with E-state index in [0.29, 0.717) is 35.0 Å². The average molecular weight is 647 g/mol. The van der Waals surface area contributed by atoms with Gasteiger partial charge in [0.25, 0.3) is 0 Å². The predicted octanol–water partition coefficient (Wildman–Crippen LogP) is 11.0. The maximum absolute atomic E-state index is 15.2. The fourth-order valence-corrected chi connectivity index (χ4v) is 7.43. The van der Waals surface area contributed by atoms with Gasteiger partial charge in [0.1, 0.15) is 17.5 Å². The van der Waals surface area contributed by atoms with Crippen LogP contribution in [0.1, 0.15) is 84.7 Å². The van der Waals surface area contributed by atoms with Gasteiger partial charge >= 0.3 is 0 Å². The average Bonchev–Trinajstić information content (AvgIpc) is 3.08. The highest BCUT2D eigenvalue weighted by Crippen LogP contribution is 2.40. The minimum absolute atomic E-state index is 0.0345. The quantitative estimate of drug-likeness (QED) is 0.164. The summed E-state index contributed by atoms with van der Waals surface area (Å²) in [5.41, 5.74) is 4.03. The molecular formula is C41H43F5O. The van der Waals surface area contributed by atoms with Gasteiger partial charge in [0.05, 0.1) is 6.10 Å². The Balaban J connectivity index is 1.03. The summed E-state index contributed by atoms with van der Waals surface area (Å²) in [4.78, 5) is 0. The SMILES string of the molecule is Cc1ccc(CCc2c(F)cc(CCc3ccc(-c4ccc(C5CCC(C6CCC(C)CO6)CC5)cc4)cc3F)cc2F)c(F)c1F. The Hall–Kier alpha value is -3.51. The van der Waals surface area contributed by atoms with Gasteiger partial charge < -0.3 is 4.74 Å². The second kappa shape index (κ2) is 14.7. The number of aryl methyl sites for hydroxylation is 4. The molecule has 2 aliphatic rings. The van der Waals surface area contributed by atoms with Crippen molar-refractivity contribution in [3.8, 4) is 11.1 Å². The van der Waals surface area contributed by atoms with E-state index >= 15 is 4.39 Å². The van der Waals surface area contributed by atoms with Gasteiger partial charge in [-0.1, -0.05) is 55.5 Å². The van der Waals surface area contributed by atoms with Crippen LogP contribution < -0.4 is 0 Å². The fraction of sp³-hybridized carbons (Fsp3) is 0.415. The molecular weight excluding hydrogens is 603 g/mol. The van der Waals surface area contributed by atoms with E-state index in [1.54, 1.807) is 6.07 Å². The highest BCUT2D eigenvalue weighted by molar-refractivity contribution is 5.64. The molecule has 1 heterocycles. The van der Waals surface area contributed by atoms with Crippen LogP contribution in [0.2, 0.25) is 0 Å². The van der Waals surface area contributed by atoms with E-state index in [-0.39, 0.29) is 48.2 Å². The van der Waals surface area contributed by atoms with Crippen LogP contribution in [0, 0.1) is 47.8 Å². The molecule has 248 valence electrons. The van der Waals surface area contributed by atoms with E-state index in [4.69, 9.17) is 4.74 Å². The summed E-state index contributed by atoms with van der Waals surface area (Å²) in [7, 11) is 0.